The normalized spacial score (nSPS) is 18.7. The van der Waals surface area contributed by atoms with Crippen molar-refractivity contribution in [3.05, 3.63) is 59.7 Å². The van der Waals surface area contributed by atoms with Gasteiger partial charge in [-0.2, -0.15) is 0 Å². The van der Waals surface area contributed by atoms with Crippen LogP contribution in [0.5, 0.6) is 11.5 Å². The predicted molar refractivity (Wildman–Crippen MR) is 144 cm³/mol. The fraction of sp³-hybridized carbons (Fsp3) is 0.552. The molecule has 2 N–H and O–H groups in total. The van der Waals surface area contributed by atoms with Gasteiger partial charge in [0.05, 0.1) is 26.3 Å². The molecule has 4 rings (SSSR count). The van der Waals surface area contributed by atoms with Crippen LogP contribution in [0, 0.1) is 0 Å². The van der Waals surface area contributed by atoms with Crippen LogP contribution in [0.25, 0.3) is 0 Å². The quantitative estimate of drug-likeness (QED) is 0.499. The van der Waals surface area contributed by atoms with Crippen molar-refractivity contribution in [2.45, 2.75) is 50.6 Å². The van der Waals surface area contributed by atoms with Gasteiger partial charge in [-0.15, -0.1) is 0 Å². The number of methoxy groups -OCH3 is 2. The highest BCUT2D eigenvalue weighted by atomic mass is 16.5. The minimum atomic E-state index is -0.110. The van der Waals surface area contributed by atoms with E-state index in [4.69, 9.17) is 9.47 Å². The van der Waals surface area contributed by atoms with Gasteiger partial charge in [-0.25, -0.2) is 4.79 Å². The number of hydrogen-bond donors (Lipinski definition) is 2. The van der Waals surface area contributed by atoms with E-state index in [1.165, 1.54) is 49.7 Å². The second-order valence-corrected chi connectivity index (χ2v) is 9.86. The zero-order valence-electron chi connectivity index (χ0n) is 21.9. The number of likely N-dealkylation sites (tertiary alicyclic amines) is 2. The summed E-state index contributed by atoms with van der Waals surface area (Å²) in [4.78, 5) is 18.0. The predicted octanol–water partition coefficient (Wildman–Crippen LogP) is 4.76. The van der Waals surface area contributed by atoms with Crippen LogP contribution in [0.1, 0.15) is 61.7 Å². The van der Waals surface area contributed by atoms with E-state index in [1.807, 2.05) is 24.3 Å². The molecule has 2 heterocycles. The molecule has 36 heavy (non-hydrogen) atoms. The van der Waals surface area contributed by atoms with Crippen molar-refractivity contribution in [1.29, 1.82) is 0 Å². The second-order valence-electron chi connectivity index (χ2n) is 9.86. The Kier molecular flexibility index (Phi) is 9.87. The minimum Gasteiger partial charge on any atom is -0.497 e. The van der Waals surface area contributed by atoms with Crippen molar-refractivity contribution in [2.75, 3.05) is 53.5 Å². The van der Waals surface area contributed by atoms with Crippen LogP contribution >= 0.6 is 0 Å². The van der Waals surface area contributed by atoms with E-state index in [9.17, 15) is 4.79 Å². The van der Waals surface area contributed by atoms with Crippen molar-refractivity contribution in [1.82, 2.24) is 20.4 Å². The lowest BCUT2D eigenvalue weighted by atomic mass is 10.0. The van der Waals surface area contributed by atoms with Crippen LogP contribution in [0.4, 0.5) is 4.79 Å². The van der Waals surface area contributed by atoms with Crippen molar-refractivity contribution < 1.29 is 14.3 Å². The first kappa shape index (κ1) is 26.3. The molecule has 0 unspecified atom stereocenters. The first-order valence-electron chi connectivity index (χ1n) is 13.5. The summed E-state index contributed by atoms with van der Waals surface area (Å²) in [6.07, 6.45) is 7.39. The lowest BCUT2D eigenvalue weighted by molar-refractivity contribution is 0.154. The average molecular weight is 495 g/mol. The lowest BCUT2D eigenvalue weighted by Crippen LogP contribution is -2.46. The summed E-state index contributed by atoms with van der Waals surface area (Å²) >= 11 is 0. The number of benzene rings is 2. The summed E-state index contributed by atoms with van der Waals surface area (Å²) < 4.78 is 10.7. The SMILES string of the molecule is COc1ccc([C@@H](CNC(=O)NC[C@H](c2ccc(OC)cc2)N2CCCCC2)N2CCCCC2)cc1. The Hall–Kier alpha value is -2.77. The maximum Gasteiger partial charge on any atom is 0.314 e. The van der Waals surface area contributed by atoms with Crippen LogP contribution in [0.2, 0.25) is 0 Å². The van der Waals surface area contributed by atoms with Gasteiger partial charge in [0, 0.05) is 13.1 Å². The zero-order chi connectivity index (χ0) is 25.2. The smallest absolute Gasteiger partial charge is 0.314 e. The number of carbonyl (C=O) groups is 1. The number of urea groups is 1. The highest BCUT2D eigenvalue weighted by molar-refractivity contribution is 5.74. The molecule has 0 aliphatic carbocycles. The van der Waals surface area contributed by atoms with Crippen LogP contribution in [0.3, 0.4) is 0 Å². The second kappa shape index (κ2) is 13.5. The zero-order valence-corrected chi connectivity index (χ0v) is 21.9. The molecule has 0 saturated carbocycles. The molecule has 2 saturated heterocycles. The van der Waals surface area contributed by atoms with Crippen molar-refractivity contribution in [2.24, 2.45) is 0 Å². The van der Waals surface area contributed by atoms with Crippen LogP contribution in [0.15, 0.2) is 48.5 Å². The summed E-state index contributed by atoms with van der Waals surface area (Å²) in [6, 6.07) is 16.7. The van der Waals surface area contributed by atoms with Gasteiger partial charge in [0.2, 0.25) is 0 Å². The molecule has 0 radical (unpaired) electrons. The number of carbonyl (C=O) groups excluding carboxylic acids is 1. The van der Waals surface area contributed by atoms with Gasteiger partial charge in [-0.1, -0.05) is 37.1 Å². The molecule has 0 bridgehead atoms. The van der Waals surface area contributed by atoms with Crippen LogP contribution in [-0.2, 0) is 0 Å². The molecule has 2 fully saturated rings. The van der Waals surface area contributed by atoms with Gasteiger partial charge in [-0.3, -0.25) is 9.80 Å². The Balaban J connectivity index is 1.38. The van der Waals surface area contributed by atoms with E-state index in [-0.39, 0.29) is 18.1 Å². The van der Waals surface area contributed by atoms with E-state index in [0.717, 1.165) is 37.7 Å². The number of hydrogen-bond acceptors (Lipinski definition) is 5. The molecule has 2 aromatic carbocycles. The fourth-order valence-electron chi connectivity index (χ4n) is 5.47. The maximum absolute atomic E-state index is 13.0. The Morgan fingerprint density at radius 2 is 1.03 bits per heavy atom. The first-order valence-corrected chi connectivity index (χ1v) is 13.5. The van der Waals surface area contributed by atoms with Gasteiger partial charge in [-0.05, 0) is 87.3 Å². The highest BCUT2D eigenvalue weighted by Crippen LogP contribution is 2.27. The van der Waals surface area contributed by atoms with E-state index in [2.05, 4.69) is 44.7 Å². The van der Waals surface area contributed by atoms with E-state index in [1.54, 1.807) is 14.2 Å². The third kappa shape index (κ3) is 7.14. The third-order valence-electron chi connectivity index (χ3n) is 7.58. The van der Waals surface area contributed by atoms with Gasteiger partial charge < -0.3 is 20.1 Å². The average Bonchev–Trinajstić information content (AvgIpc) is 2.95. The van der Waals surface area contributed by atoms with E-state index < -0.39 is 0 Å². The molecule has 2 aromatic rings. The molecule has 7 nitrogen and oxygen atoms in total. The number of ether oxygens (including phenoxy) is 2. The van der Waals surface area contributed by atoms with Crippen molar-refractivity contribution in [3.63, 3.8) is 0 Å². The summed E-state index contributed by atoms with van der Waals surface area (Å²) in [6.45, 7) is 5.41. The Morgan fingerprint density at radius 1 is 0.667 bits per heavy atom. The van der Waals surface area contributed by atoms with E-state index in [0.29, 0.717) is 13.1 Å². The molecule has 2 amide bonds. The number of rotatable bonds is 10. The van der Waals surface area contributed by atoms with Gasteiger partial charge in [0.1, 0.15) is 11.5 Å². The maximum atomic E-state index is 13.0. The Morgan fingerprint density at radius 3 is 1.36 bits per heavy atom. The molecule has 0 spiro atoms. The number of amides is 2. The summed E-state index contributed by atoms with van der Waals surface area (Å²) in [7, 11) is 3.37. The van der Waals surface area contributed by atoms with Crippen molar-refractivity contribution in [3.8, 4) is 11.5 Å². The molecule has 0 aromatic heterocycles. The molecular weight excluding hydrogens is 452 g/mol. The van der Waals surface area contributed by atoms with Crippen molar-refractivity contribution >= 4 is 6.03 Å². The summed E-state index contributed by atoms with van der Waals surface area (Å²) in [5.41, 5.74) is 2.42. The summed E-state index contributed by atoms with van der Waals surface area (Å²) in [5.74, 6) is 1.70. The lowest BCUT2D eigenvalue weighted by Gasteiger charge is -2.36. The third-order valence-corrected chi connectivity index (χ3v) is 7.58. The standard InChI is InChI=1S/C29H42N4O3/c1-35-25-13-9-23(10-14-25)27(32-17-5-3-6-18-32)21-30-29(34)31-22-28(33-19-7-4-8-20-33)24-11-15-26(36-2)16-12-24/h9-16,27-28H,3-8,17-22H2,1-2H3,(H2,30,31,34)/t27-,28-/m1/s1. The number of nitrogens with zero attached hydrogens (tertiary/aromatic N) is 2. The Labute approximate surface area is 216 Å². The van der Waals surface area contributed by atoms with Crippen LogP contribution in [-0.4, -0.2) is 69.3 Å². The molecule has 2 atom stereocenters. The fourth-order valence-corrected chi connectivity index (χ4v) is 5.47. The largest absolute Gasteiger partial charge is 0.497 e. The molecule has 7 heteroatoms. The van der Waals surface area contributed by atoms with Gasteiger partial charge >= 0.3 is 6.03 Å². The minimum absolute atomic E-state index is 0.110. The first-order chi connectivity index (χ1) is 17.7. The van der Waals surface area contributed by atoms with Gasteiger partial charge in [0.15, 0.2) is 0 Å². The molecular formula is C29H42N4O3. The molecule has 2 aliphatic rings. The summed E-state index contributed by atoms with van der Waals surface area (Å²) in [5, 5.41) is 6.35. The van der Waals surface area contributed by atoms with Gasteiger partial charge in [0.25, 0.3) is 0 Å². The topological polar surface area (TPSA) is 66.1 Å². The van der Waals surface area contributed by atoms with E-state index >= 15 is 0 Å². The van der Waals surface area contributed by atoms with Crippen LogP contribution < -0.4 is 20.1 Å². The monoisotopic (exact) mass is 494 g/mol. The molecule has 196 valence electrons. The highest BCUT2D eigenvalue weighted by Gasteiger charge is 2.25. The molecule has 2 aliphatic heterocycles. The number of piperidine rings is 2. The Bertz CT molecular complexity index is 847. The number of nitrogens with one attached hydrogen (secondary N) is 2.